The zero-order chi connectivity index (χ0) is 31.0. The summed E-state index contributed by atoms with van der Waals surface area (Å²) in [5, 5.41) is 30.6. The molecular weight excluding hydrogens is 581 g/mol. The number of rotatable bonds is 12. The molecular formula is C31H31F3N4O4S. The number of alkyl halides is 3. The lowest BCUT2D eigenvalue weighted by Crippen LogP contribution is -2.08. The minimum absolute atomic E-state index is 0.0819. The van der Waals surface area contributed by atoms with E-state index in [-0.39, 0.29) is 22.8 Å². The van der Waals surface area contributed by atoms with Gasteiger partial charge in [-0.3, -0.25) is 0 Å². The summed E-state index contributed by atoms with van der Waals surface area (Å²) < 4.78 is 40.8. The first kappa shape index (κ1) is 31.6. The number of anilines is 1. The fourth-order valence-electron chi connectivity index (χ4n) is 4.53. The first-order chi connectivity index (χ1) is 20.6. The van der Waals surface area contributed by atoms with Crippen LogP contribution in [0.4, 0.5) is 29.3 Å². The second kappa shape index (κ2) is 14.2. The maximum absolute atomic E-state index is 13.0. The van der Waals surface area contributed by atoms with Crippen molar-refractivity contribution in [2.45, 2.75) is 56.6 Å². The zero-order valence-electron chi connectivity index (χ0n) is 23.4. The van der Waals surface area contributed by atoms with E-state index in [0.29, 0.717) is 11.9 Å². The van der Waals surface area contributed by atoms with Crippen LogP contribution in [0.3, 0.4) is 0 Å². The predicted octanol–water partition coefficient (Wildman–Crippen LogP) is 9.29. The maximum atomic E-state index is 13.0. The van der Waals surface area contributed by atoms with Crippen LogP contribution < -0.4 is 5.32 Å². The van der Waals surface area contributed by atoms with Crippen molar-refractivity contribution in [2.75, 3.05) is 11.1 Å². The Kier molecular flexibility index (Phi) is 10.5. The molecule has 0 aliphatic rings. The van der Waals surface area contributed by atoms with Crippen molar-refractivity contribution in [3.05, 3.63) is 83.4 Å². The number of aromatic hydroxyl groups is 1. The number of hydrogen-bond donors (Lipinski definition) is 3. The summed E-state index contributed by atoms with van der Waals surface area (Å²) in [6.07, 6.45) is -0.152. The fraction of sp³-hybridized carbons (Fsp3) is 0.290. The lowest BCUT2D eigenvalue weighted by molar-refractivity contribution is -0.137. The number of carboxylic acid groups (broad SMARTS) is 1. The number of aryl methyl sites for hydroxylation is 2. The van der Waals surface area contributed by atoms with Crippen molar-refractivity contribution >= 4 is 46.0 Å². The van der Waals surface area contributed by atoms with Gasteiger partial charge in [0.1, 0.15) is 0 Å². The third-order valence-electron chi connectivity index (χ3n) is 6.73. The molecule has 0 fully saturated rings. The molecule has 0 aliphatic heterocycles. The van der Waals surface area contributed by atoms with E-state index in [9.17, 15) is 27.9 Å². The number of fused-ring (bicyclic) bond motifs is 1. The van der Waals surface area contributed by atoms with E-state index < -0.39 is 23.7 Å². The highest BCUT2D eigenvalue weighted by Gasteiger charge is 2.30. The van der Waals surface area contributed by atoms with Gasteiger partial charge in [0.25, 0.3) is 0 Å². The van der Waals surface area contributed by atoms with Crippen molar-refractivity contribution in [1.29, 1.82) is 0 Å². The molecule has 226 valence electrons. The zero-order valence-corrected chi connectivity index (χ0v) is 24.2. The molecule has 4 rings (SSSR count). The number of amides is 2. The Balaban J connectivity index is 1.50. The van der Waals surface area contributed by atoms with E-state index in [2.05, 4.69) is 22.5 Å². The molecule has 43 heavy (non-hydrogen) atoms. The van der Waals surface area contributed by atoms with E-state index in [1.807, 2.05) is 30.3 Å². The van der Waals surface area contributed by atoms with Gasteiger partial charge >= 0.3 is 18.2 Å². The van der Waals surface area contributed by atoms with Gasteiger partial charge in [0.2, 0.25) is 5.88 Å². The molecule has 0 aliphatic carbocycles. The summed E-state index contributed by atoms with van der Waals surface area (Å²) >= 11 is 1.61. The molecule has 12 heteroatoms. The van der Waals surface area contributed by atoms with Crippen LogP contribution in [0.5, 0.6) is 5.88 Å². The molecule has 0 bridgehead atoms. The molecule has 0 saturated carbocycles. The molecule has 1 aromatic heterocycles. The summed E-state index contributed by atoms with van der Waals surface area (Å²) in [5.74, 6) is -0.322. The minimum atomic E-state index is -4.56. The molecule has 0 unspecified atom stereocenters. The highest BCUT2D eigenvalue weighted by atomic mass is 32.2. The largest absolute Gasteiger partial charge is 0.493 e. The monoisotopic (exact) mass is 612 g/mol. The van der Waals surface area contributed by atoms with Crippen LogP contribution in [0.15, 0.2) is 81.9 Å². The number of hydrogen-bond acceptors (Lipinski definition) is 5. The fourth-order valence-corrected chi connectivity index (χ4v) is 5.42. The summed E-state index contributed by atoms with van der Waals surface area (Å²) in [6, 6.07) is 15.7. The Morgan fingerprint density at radius 1 is 1.00 bits per heavy atom. The van der Waals surface area contributed by atoms with Crippen LogP contribution in [0, 0.1) is 0 Å². The van der Waals surface area contributed by atoms with Crippen LogP contribution >= 0.6 is 11.8 Å². The SMILES string of the molecule is CCCCCn1c(O)c(N=NC(=O)Nc2cccc(C(F)(F)F)c2)c2cc(SCCCc3ccc(C(=O)O)cc3)ccc21. The average Bonchev–Trinajstić information content (AvgIpc) is 3.23. The van der Waals surface area contributed by atoms with Gasteiger partial charge in [0.15, 0.2) is 5.69 Å². The van der Waals surface area contributed by atoms with Crippen LogP contribution in [-0.2, 0) is 19.1 Å². The first-order valence-corrected chi connectivity index (χ1v) is 14.8. The number of nitrogens with one attached hydrogen (secondary N) is 1. The van der Waals surface area contributed by atoms with Gasteiger partial charge in [-0.15, -0.1) is 16.9 Å². The van der Waals surface area contributed by atoms with Gasteiger partial charge in [0.05, 0.1) is 16.6 Å². The Hall–Kier alpha value is -4.32. The van der Waals surface area contributed by atoms with Crippen molar-refractivity contribution in [3.63, 3.8) is 0 Å². The van der Waals surface area contributed by atoms with Gasteiger partial charge < -0.3 is 20.1 Å². The number of nitrogens with zero attached hydrogens (tertiary/aromatic N) is 3. The lowest BCUT2D eigenvalue weighted by Gasteiger charge is -2.08. The van der Waals surface area contributed by atoms with Gasteiger partial charge in [-0.1, -0.05) is 43.1 Å². The molecule has 0 spiro atoms. The van der Waals surface area contributed by atoms with Crippen LogP contribution in [-0.4, -0.2) is 32.5 Å². The second-order valence-electron chi connectivity index (χ2n) is 9.87. The molecule has 0 radical (unpaired) electrons. The molecule has 3 aromatic carbocycles. The number of unbranched alkanes of at least 4 members (excludes halogenated alkanes) is 2. The molecule has 0 saturated heterocycles. The second-order valence-corrected chi connectivity index (χ2v) is 11.0. The number of urea groups is 1. The number of thioether (sulfide) groups is 1. The number of benzene rings is 3. The standard InChI is InChI=1S/C31H31F3N4O4S/c1-2-3-4-16-38-26-15-14-24(43-17-6-7-20-10-12-21(13-11-20)29(40)41)19-25(26)27(28(38)39)36-37-30(42)35-23-9-5-8-22(18-23)31(32,33)34/h5,8-15,18-19,39H,2-4,6-7,16-17H2,1H3,(H,35,42)(H,40,41). The molecule has 3 N–H and O–H groups in total. The lowest BCUT2D eigenvalue weighted by atomic mass is 10.1. The summed E-state index contributed by atoms with van der Waals surface area (Å²) in [7, 11) is 0. The third-order valence-corrected chi connectivity index (χ3v) is 7.81. The predicted molar refractivity (Wildman–Crippen MR) is 161 cm³/mol. The summed E-state index contributed by atoms with van der Waals surface area (Å²) in [4.78, 5) is 24.4. The quantitative estimate of drug-likeness (QED) is 0.0838. The Morgan fingerprint density at radius 3 is 2.47 bits per heavy atom. The van der Waals surface area contributed by atoms with Crippen LogP contribution in [0.2, 0.25) is 0 Å². The van der Waals surface area contributed by atoms with Crippen molar-refractivity contribution < 1.29 is 33.0 Å². The first-order valence-electron chi connectivity index (χ1n) is 13.8. The summed E-state index contributed by atoms with van der Waals surface area (Å²) in [6.45, 7) is 2.61. The molecule has 2 amide bonds. The Labute approximate surface area is 250 Å². The Morgan fingerprint density at radius 2 is 1.77 bits per heavy atom. The average molecular weight is 613 g/mol. The molecule has 1 heterocycles. The topological polar surface area (TPSA) is 116 Å². The normalized spacial score (nSPS) is 11.8. The van der Waals surface area contributed by atoms with E-state index in [0.717, 1.165) is 66.0 Å². The smallest absolute Gasteiger partial charge is 0.416 e. The van der Waals surface area contributed by atoms with E-state index in [1.165, 1.54) is 12.1 Å². The molecule has 0 atom stereocenters. The van der Waals surface area contributed by atoms with Crippen molar-refractivity contribution in [1.82, 2.24) is 4.57 Å². The summed E-state index contributed by atoms with van der Waals surface area (Å²) in [5.41, 5.74) is 1.13. The number of aromatic nitrogens is 1. The number of aromatic carboxylic acids is 1. The van der Waals surface area contributed by atoms with Gasteiger partial charge in [-0.25, -0.2) is 9.59 Å². The number of halogens is 3. The minimum Gasteiger partial charge on any atom is -0.493 e. The number of azo groups is 1. The highest BCUT2D eigenvalue weighted by Crippen LogP contribution is 2.41. The Bertz CT molecular complexity index is 1620. The molecule has 4 aromatic rings. The molecule has 8 nitrogen and oxygen atoms in total. The van der Waals surface area contributed by atoms with Crippen molar-refractivity contribution in [2.24, 2.45) is 10.2 Å². The third kappa shape index (κ3) is 8.38. The van der Waals surface area contributed by atoms with Crippen molar-refractivity contribution in [3.8, 4) is 5.88 Å². The highest BCUT2D eigenvalue weighted by molar-refractivity contribution is 7.99. The van der Waals surface area contributed by atoms with E-state index in [1.54, 1.807) is 28.5 Å². The van der Waals surface area contributed by atoms with Crippen LogP contribution in [0.1, 0.15) is 54.1 Å². The number of carbonyl (C=O) groups is 2. The number of carboxylic acids is 1. The van der Waals surface area contributed by atoms with Gasteiger partial charge in [0, 0.05) is 22.5 Å². The van der Waals surface area contributed by atoms with Crippen LogP contribution in [0.25, 0.3) is 10.9 Å². The van der Waals surface area contributed by atoms with E-state index in [4.69, 9.17) is 5.11 Å². The number of carbonyl (C=O) groups excluding carboxylic acids is 1. The van der Waals surface area contributed by atoms with Gasteiger partial charge in [-0.2, -0.15) is 13.2 Å². The van der Waals surface area contributed by atoms with Gasteiger partial charge in [-0.05, 0) is 79.1 Å². The van der Waals surface area contributed by atoms with E-state index >= 15 is 0 Å². The maximum Gasteiger partial charge on any atom is 0.416 e.